The maximum atomic E-state index is 13.2. The normalized spacial score (nSPS) is 11.0. The van der Waals surface area contributed by atoms with Crippen LogP contribution in [0.2, 0.25) is 0 Å². The van der Waals surface area contributed by atoms with Crippen molar-refractivity contribution in [3.8, 4) is 11.8 Å². The second kappa shape index (κ2) is 6.32. The summed E-state index contributed by atoms with van der Waals surface area (Å²) in [7, 11) is 1.76. The SMILES string of the molecule is CNc1ncc(C#Cc2ccc(C(C)(F)F)cn2)c2cc(N)ncc12. The topological polar surface area (TPSA) is 76.7 Å². The molecule has 0 aromatic carbocycles. The summed E-state index contributed by atoms with van der Waals surface area (Å²) < 4.78 is 26.4. The van der Waals surface area contributed by atoms with Gasteiger partial charge in [0.05, 0.1) is 5.56 Å². The molecule has 0 spiro atoms. The number of nitrogens with two attached hydrogens (primary N) is 1. The smallest absolute Gasteiger partial charge is 0.272 e. The van der Waals surface area contributed by atoms with Crippen molar-refractivity contribution in [1.82, 2.24) is 15.0 Å². The third-order valence-corrected chi connectivity index (χ3v) is 3.63. The number of fused-ring (bicyclic) bond motifs is 1. The van der Waals surface area contributed by atoms with Crippen LogP contribution >= 0.6 is 0 Å². The molecule has 0 fully saturated rings. The molecule has 3 aromatic rings. The van der Waals surface area contributed by atoms with Crippen molar-refractivity contribution >= 4 is 22.4 Å². The molecule has 0 bridgehead atoms. The van der Waals surface area contributed by atoms with Crippen molar-refractivity contribution in [1.29, 1.82) is 0 Å². The van der Waals surface area contributed by atoms with Gasteiger partial charge in [0.1, 0.15) is 17.3 Å². The molecule has 0 radical (unpaired) electrons. The summed E-state index contributed by atoms with van der Waals surface area (Å²) in [5.74, 6) is 3.94. The Morgan fingerprint density at radius 2 is 1.84 bits per heavy atom. The molecule has 0 aliphatic heterocycles. The average molecular weight is 339 g/mol. The zero-order valence-electron chi connectivity index (χ0n) is 13.6. The van der Waals surface area contributed by atoms with E-state index >= 15 is 0 Å². The third kappa shape index (κ3) is 3.48. The monoisotopic (exact) mass is 339 g/mol. The largest absolute Gasteiger partial charge is 0.384 e. The second-order valence-electron chi connectivity index (χ2n) is 5.50. The molecule has 0 aliphatic carbocycles. The van der Waals surface area contributed by atoms with Gasteiger partial charge < -0.3 is 11.1 Å². The third-order valence-electron chi connectivity index (χ3n) is 3.63. The Kier molecular flexibility index (Phi) is 4.19. The molecular weight excluding hydrogens is 324 g/mol. The molecule has 3 rings (SSSR count). The molecule has 5 nitrogen and oxygen atoms in total. The molecular formula is C18H15F2N5. The quantitative estimate of drug-likeness (QED) is 0.701. The Morgan fingerprint density at radius 3 is 2.48 bits per heavy atom. The lowest BCUT2D eigenvalue weighted by Crippen LogP contribution is -2.07. The first-order chi connectivity index (χ1) is 11.9. The van der Waals surface area contributed by atoms with E-state index in [-0.39, 0.29) is 5.56 Å². The van der Waals surface area contributed by atoms with Crippen LogP contribution in [-0.2, 0) is 5.92 Å². The minimum atomic E-state index is -2.92. The van der Waals surface area contributed by atoms with Crippen molar-refractivity contribution in [2.45, 2.75) is 12.8 Å². The maximum Gasteiger partial charge on any atom is 0.272 e. The molecule has 25 heavy (non-hydrogen) atoms. The molecule has 0 unspecified atom stereocenters. The number of nitrogens with one attached hydrogen (secondary N) is 1. The van der Waals surface area contributed by atoms with E-state index in [0.29, 0.717) is 22.9 Å². The Morgan fingerprint density at radius 1 is 1.04 bits per heavy atom. The van der Waals surface area contributed by atoms with Crippen LogP contribution in [0, 0.1) is 11.8 Å². The fourth-order valence-corrected chi connectivity index (χ4v) is 2.31. The molecule has 0 saturated carbocycles. The molecule has 126 valence electrons. The molecule has 0 atom stereocenters. The lowest BCUT2D eigenvalue weighted by Gasteiger charge is -2.09. The number of alkyl halides is 2. The van der Waals surface area contributed by atoms with E-state index in [1.54, 1.807) is 25.5 Å². The van der Waals surface area contributed by atoms with E-state index in [4.69, 9.17) is 5.73 Å². The number of aromatic nitrogens is 3. The highest BCUT2D eigenvalue weighted by atomic mass is 19.3. The first kappa shape index (κ1) is 16.6. The fraction of sp³-hybridized carbons (Fsp3) is 0.167. The van der Waals surface area contributed by atoms with Crippen LogP contribution < -0.4 is 11.1 Å². The lowest BCUT2D eigenvalue weighted by atomic mass is 10.1. The van der Waals surface area contributed by atoms with E-state index in [1.165, 1.54) is 12.1 Å². The molecule has 0 aliphatic rings. The Hall–Kier alpha value is -3.27. The van der Waals surface area contributed by atoms with E-state index in [2.05, 4.69) is 32.1 Å². The predicted molar refractivity (Wildman–Crippen MR) is 93.3 cm³/mol. The van der Waals surface area contributed by atoms with Gasteiger partial charge in [0, 0.05) is 48.9 Å². The van der Waals surface area contributed by atoms with Gasteiger partial charge in [0.2, 0.25) is 0 Å². The minimum Gasteiger partial charge on any atom is -0.384 e. The Balaban J connectivity index is 2.02. The summed E-state index contributed by atoms with van der Waals surface area (Å²) in [6.07, 6.45) is 4.38. The van der Waals surface area contributed by atoms with Crippen molar-refractivity contribution in [2.24, 2.45) is 0 Å². The number of hydrogen-bond donors (Lipinski definition) is 2. The van der Waals surface area contributed by atoms with Crippen molar-refractivity contribution < 1.29 is 8.78 Å². The molecule has 0 amide bonds. The number of halogens is 2. The second-order valence-corrected chi connectivity index (χ2v) is 5.50. The van der Waals surface area contributed by atoms with Crippen LogP contribution in [0.25, 0.3) is 10.8 Å². The van der Waals surface area contributed by atoms with Gasteiger partial charge in [-0.05, 0) is 24.1 Å². The first-order valence-corrected chi connectivity index (χ1v) is 7.47. The van der Waals surface area contributed by atoms with E-state index in [9.17, 15) is 8.78 Å². The highest BCUT2D eigenvalue weighted by Gasteiger charge is 2.24. The summed E-state index contributed by atoms with van der Waals surface area (Å²) >= 11 is 0. The minimum absolute atomic E-state index is 0.151. The molecule has 3 aromatic heterocycles. The summed E-state index contributed by atoms with van der Waals surface area (Å²) in [6, 6.07) is 4.50. The van der Waals surface area contributed by atoms with Gasteiger partial charge in [0.25, 0.3) is 5.92 Å². The van der Waals surface area contributed by atoms with Gasteiger partial charge >= 0.3 is 0 Å². The van der Waals surface area contributed by atoms with Crippen LogP contribution in [0.1, 0.15) is 23.7 Å². The van der Waals surface area contributed by atoms with Gasteiger partial charge in [-0.15, -0.1) is 0 Å². The number of rotatable bonds is 2. The number of nitrogen functional groups attached to an aromatic ring is 1. The lowest BCUT2D eigenvalue weighted by molar-refractivity contribution is 0.0171. The number of anilines is 2. The fourth-order valence-electron chi connectivity index (χ4n) is 2.31. The highest BCUT2D eigenvalue weighted by Crippen LogP contribution is 2.26. The Bertz CT molecular complexity index is 982. The highest BCUT2D eigenvalue weighted by molar-refractivity contribution is 5.96. The number of hydrogen-bond acceptors (Lipinski definition) is 5. The van der Waals surface area contributed by atoms with E-state index in [0.717, 1.165) is 23.9 Å². The standard InChI is InChI=1S/C18H15F2N5/c1-18(19,20)12-4-6-13(23-9-12)5-3-11-8-25-17(22-2)15-10-24-16(21)7-14(11)15/h4,6-10H,1-2H3,(H2,21,24)(H,22,25). The zero-order valence-corrected chi connectivity index (χ0v) is 13.6. The number of pyridine rings is 3. The molecule has 3 N–H and O–H groups in total. The Labute approximate surface area is 143 Å². The molecule has 7 heteroatoms. The van der Waals surface area contributed by atoms with Crippen LogP contribution in [0.3, 0.4) is 0 Å². The van der Waals surface area contributed by atoms with Gasteiger partial charge in [-0.1, -0.05) is 5.92 Å². The summed E-state index contributed by atoms with van der Waals surface area (Å²) in [4.78, 5) is 12.3. The molecule has 3 heterocycles. The van der Waals surface area contributed by atoms with Crippen LogP contribution in [0.4, 0.5) is 20.4 Å². The van der Waals surface area contributed by atoms with Crippen molar-refractivity contribution in [2.75, 3.05) is 18.1 Å². The van der Waals surface area contributed by atoms with Crippen molar-refractivity contribution in [3.63, 3.8) is 0 Å². The number of nitrogens with zero attached hydrogens (tertiary/aromatic N) is 3. The van der Waals surface area contributed by atoms with Crippen LogP contribution in [0.15, 0.2) is 36.8 Å². The van der Waals surface area contributed by atoms with Crippen LogP contribution in [-0.4, -0.2) is 22.0 Å². The van der Waals surface area contributed by atoms with E-state index in [1.807, 2.05) is 0 Å². The summed E-state index contributed by atoms with van der Waals surface area (Å²) in [6.45, 7) is 0.828. The summed E-state index contributed by atoms with van der Waals surface area (Å²) in [5.41, 5.74) is 6.65. The molecule has 0 saturated heterocycles. The van der Waals surface area contributed by atoms with E-state index < -0.39 is 5.92 Å². The average Bonchev–Trinajstić information content (AvgIpc) is 2.59. The van der Waals surface area contributed by atoms with Crippen molar-refractivity contribution in [3.05, 3.63) is 53.6 Å². The van der Waals surface area contributed by atoms with Gasteiger partial charge in [-0.25, -0.2) is 23.7 Å². The van der Waals surface area contributed by atoms with Gasteiger partial charge in [0.15, 0.2) is 0 Å². The van der Waals surface area contributed by atoms with Gasteiger partial charge in [-0.2, -0.15) is 0 Å². The maximum absolute atomic E-state index is 13.2. The first-order valence-electron chi connectivity index (χ1n) is 7.47. The van der Waals surface area contributed by atoms with Crippen LogP contribution in [0.5, 0.6) is 0 Å². The predicted octanol–water partition coefficient (Wildman–Crippen LogP) is 3.16. The van der Waals surface area contributed by atoms with Gasteiger partial charge in [-0.3, -0.25) is 0 Å². The zero-order chi connectivity index (χ0) is 18.0. The summed E-state index contributed by atoms with van der Waals surface area (Å²) in [5, 5.41) is 4.58.